The van der Waals surface area contributed by atoms with Crippen molar-refractivity contribution in [2.75, 3.05) is 42.3 Å². The van der Waals surface area contributed by atoms with E-state index in [9.17, 15) is 17.6 Å². The highest BCUT2D eigenvalue weighted by Crippen LogP contribution is 2.30. The van der Waals surface area contributed by atoms with E-state index in [0.717, 1.165) is 6.26 Å². The number of cyclic esters (lactones) is 1. The fourth-order valence-electron chi connectivity index (χ4n) is 3.57. The third kappa shape index (κ3) is 4.65. The van der Waals surface area contributed by atoms with Crippen molar-refractivity contribution in [1.29, 1.82) is 0 Å². The van der Waals surface area contributed by atoms with Crippen LogP contribution in [0.15, 0.2) is 35.1 Å². The van der Waals surface area contributed by atoms with Gasteiger partial charge in [0, 0.05) is 25.2 Å². The summed E-state index contributed by atoms with van der Waals surface area (Å²) in [5, 5.41) is 3.61. The van der Waals surface area contributed by atoms with Crippen LogP contribution < -0.4 is 19.3 Å². The number of ether oxygens (including phenoxy) is 2. The lowest BCUT2D eigenvalue weighted by molar-refractivity contribution is 0.102. The Morgan fingerprint density at radius 3 is 2.87 bits per heavy atom. The molecule has 2 saturated heterocycles. The van der Waals surface area contributed by atoms with E-state index in [1.54, 1.807) is 17.0 Å². The molecule has 2 atom stereocenters. The Kier molecular flexibility index (Phi) is 5.52. The largest absolute Gasteiger partial charge is 0.471 e. The maximum atomic E-state index is 14.8. The van der Waals surface area contributed by atoms with Gasteiger partial charge in [0.1, 0.15) is 18.7 Å². The predicted octanol–water partition coefficient (Wildman–Crippen LogP) is 1.35. The van der Waals surface area contributed by atoms with Crippen molar-refractivity contribution in [3.05, 3.63) is 36.3 Å². The van der Waals surface area contributed by atoms with Crippen LogP contribution in [0.25, 0.3) is 0 Å². The normalized spacial score (nSPS) is 21.9. The summed E-state index contributed by atoms with van der Waals surface area (Å²) in [7, 11) is -3.32. The van der Waals surface area contributed by atoms with E-state index in [0.29, 0.717) is 30.9 Å². The molecule has 0 aliphatic carbocycles. The van der Waals surface area contributed by atoms with Crippen LogP contribution in [0.3, 0.4) is 0 Å². The number of hydrogen-bond donors (Lipinski definition) is 1. The molecule has 0 saturated carbocycles. The van der Waals surface area contributed by atoms with E-state index in [-0.39, 0.29) is 25.1 Å². The maximum Gasteiger partial charge on any atom is 0.414 e. The lowest BCUT2D eigenvalue weighted by Crippen LogP contribution is -2.36. The van der Waals surface area contributed by atoms with E-state index < -0.39 is 28.0 Å². The van der Waals surface area contributed by atoms with Crippen LogP contribution >= 0.6 is 0 Å². The predicted molar refractivity (Wildman–Crippen MR) is 105 cm³/mol. The number of halogens is 1. The third-order valence-corrected chi connectivity index (χ3v) is 5.62. The zero-order valence-electron chi connectivity index (χ0n) is 16.2. The molecule has 2 aliphatic heterocycles. The number of hydrogen-bond acceptors (Lipinski definition) is 8. The first-order chi connectivity index (χ1) is 14.3. The highest BCUT2D eigenvalue weighted by Gasteiger charge is 2.34. The van der Waals surface area contributed by atoms with Crippen LogP contribution in [-0.4, -0.2) is 64.3 Å². The fourth-order valence-corrected chi connectivity index (χ4v) is 4.37. The minimum absolute atomic E-state index is 0.0951. The van der Waals surface area contributed by atoms with E-state index in [1.807, 2.05) is 0 Å². The molecule has 1 aromatic heterocycles. The second-order valence-corrected chi connectivity index (χ2v) is 9.00. The van der Waals surface area contributed by atoms with Crippen molar-refractivity contribution in [1.82, 2.24) is 9.88 Å². The number of sulfonamides is 1. The monoisotopic (exact) mass is 440 g/mol. The number of carbonyl (C=O) groups excluding carboxylic acids is 1. The molecule has 1 N–H and O–H groups in total. The summed E-state index contributed by atoms with van der Waals surface area (Å²) in [6, 6.07) is 5.77. The molecule has 2 fully saturated rings. The number of nitrogens with zero attached hydrogens (tertiary/aromatic N) is 3. The first kappa shape index (κ1) is 20.4. The summed E-state index contributed by atoms with van der Waals surface area (Å²) in [6.45, 7) is 1.20. The number of nitrogens with one attached hydrogen (secondary N) is 1. The quantitative estimate of drug-likeness (QED) is 0.686. The Hall–Kier alpha value is -2.86. The average molecular weight is 440 g/mol. The van der Waals surface area contributed by atoms with Crippen LogP contribution in [0.2, 0.25) is 0 Å². The first-order valence-corrected chi connectivity index (χ1v) is 11.2. The van der Waals surface area contributed by atoms with Crippen LogP contribution in [0, 0.1) is 5.82 Å². The average Bonchev–Trinajstić information content (AvgIpc) is 3.40. The van der Waals surface area contributed by atoms with Crippen molar-refractivity contribution in [2.45, 2.75) is 18.6 Å². The number of aromatic nitrogens is 1. The highest BCUT2D eigenvalue weighted by molar-refractivity contribution is 7.88. The molecule has 1 amide bonds. The Balaban J connectivity index is 1.39. The minimum atomic E-state index is -3.32. The molecule has 0 unspecified atom stereocenters. The van der Waals surface area contributed by atoms with Crippen molar-refractivity contribution in [2.24, 2.45) is 0 Å². The number of amides is 1. The second kappa shape index (κ2) is 8.11. The number of carbonyl (C=O) groups is 1. The second-order valence-electron chi connectivity index (χ2n) is 7.22. The van der Waals surface area contributed by atoms with E-state index in [2.05, 4.69) is 14.4 Å². The smallest absolute Gasteiger partial charge is 0.414 e. The first-order valence-electron chi connectivity index (χ1n) is 9.31. The van der Waals surface area contributed by atoms with Gasteiger partial charge in [-0.2, -0.15) is 0 Å². The Morgan fingerprint density at radius 1 is 1.33 bits per heavy atom. The van der Waals surface area contributed by atoms with Gasteiger partial charge in [0.2, 0.25) is 10.0 Å². The number of benzene rings is 1. The molecular weight excluding hydrogens is 419 g/mol. The Labute approximate surface area is 172 Å². The molecule has 30 heavy (non-hydrogen) atoms. The van der Waals surface area contributed by atoms with Gasteiger partial charge in [0.05, 0.1) is 24.2 Å². The SMILES string of the molecule is CS(=O)(=O)N[C@@H]1CCN(c2ccc(N3C[C@H](COc4ccon4)OC3=O)cc2F)C1. The van der Waals surface area contributed by atoms with Gasteiger partial charge in [-0.25, -0.2) is 22.3 Å². The molecule has 0 bridgehead atoms. The molecule has 2 aromatic rings. The Morgan fingerprint density at radius 2 is 2.17 bits per heavy atom. The molecular formula is C18H21FN4O6S. The van der Waals surface area contributed by atoms with E-state index in [4.69, 9.17) is 9.47 Å². The lowest BCUT2D eigenvalue weighted by Gasteiger charge is -2.21. The summed E-state index contributed by atoms with van der Waals surface area (Å²) in [6.07, 6.45) is 1.93. The Bertz CT molecular complexity index is 1020. The summed E-state index contributed by atoms with van der Waals surface area (Å²) >= 11 is 0. The van der Waals surface area contributed by atoms with Crippen LogP contribution in [0.5, 0.6) is 5.88 Å². The molecule has 10 nitrogen and oxygen atoms in total. The van der Waals surface area contributed by atoms with E-state index in [1.165, 1.54) is 23.3 Å². The third-order valence-electron chi connectivity index (χ3n) is 4.86. The summed E-state index contributed by atoms with van der Waals surface area (Å²) in [5.41, 5.74) is 0.727. The van der Waals surface area contributed by atoms with Crippen molar-refractivity contribution in [3.63, 3.8) is 0 Å². The molecule has 12 heteroatoms. The molecule has 0 spiro atoms. The topological polar surface area (TPSA) is 114 Å². The summed E-state index contributed by atoms with van der Waals surface area (Å²) < 4.78 is 55.4. The maximum absolute atomic E-state index is 14.8. The molecule has 162 valence electrons. The van der Waals surface area contributed by atoms with Crippen molar-refractivity contribution in [3.8, 4) is 5.88 Å². The summed E-state index contributed by atoms with van der Waals surface area (Å²) in [4.78, 5) is 15.3. The fraction of sp³-hybridized carbons (Fsp3) is 0.444. The van der Waals surface area contributed by atoms with Crippen molar-refractivity contribution >= 4 is 27.5 Å². The molecule has 2 aliphatic rings. The van der Waals surface area contributed by atoms with Gasteiger partial charge < -0.3 is 18.9 Å². The van der Waals surface area contributed by atoms with Gasteiger partial charge in [-0.3, -0.25) is 4.90 Å². The van der Waals surface area contributed by atoms with Crippen LogP contribution in [0.1, 0.15) is 6.42 Å². The van der Waals surface area contributed by atoms with Gasteiger partial charge >= 0.3 is 6.09 Å². The highest BCUT2D eigenvalue weighted by atomic mass is 32.2. The van der Waals surface area contributed by atoms with Gasteiger partial charge in [0.15, 0.2) is 6.10 Å². The zero-order valence-corrected chi connectivity index (χ0v) is 17.0. The molecule has 0 radical (unpaired) electrons. The number of anilines is 2. The van der Waals surface area contributed by atoms with Crippen LogP contribution in [0.4, 0.5) is 20.6 Å². The van der Waals surface area contributed by atoms with Gasteiger partial charge in [-0.15, -0.1) is 0 Å². The molecule has 1 aromatic carbocycles. The standard InChI is InChI=1S/C18H21FN4O6S/c1-30(25,26)21-12-4-6-22(9-12)16-3-2-13(8-15(16)19)23-10-14(29-18(23)24)11-27-17-5-7-28-20-17/h2-3,5,7-8,12,14,21H,4,6,9-11H2,1H3/t12-,14-/m1/s1. The molecule has 4 rings (SSSR count). The van der Waals surface area contributed by atoms with E-state index >= 15 is 0 Å². The van der Waals surface area contributed by atoms with Crippen LogP contribution in [-0.2, 0) is 14.8 Å². The number of rotatable bonds is 7. The minimum Gasteiger partial charge on any atom is -0.471 e. The zero-order chi connectivity index (χ0) is 21.3. The van der Waals surface area contributed by atoms with Gasteiger partial charge in [-0.05, 0) is 29.8 Å². The van der Waals surface area contributed by atoms with Gasteiger partial charge in [0.25, 0.3) is 5.88 Å². The lowest BCUT2D eigenvalue weighted by atomic mass is 10.2. The van der Waals surface area contributed by atoms with Crippen molar-refractivity contribution < 1.29 is 31.6 Å². The van der Waals surface area contributed by atoms with Gasteiger partial charge in [-0.1, -0.05) is 0 Å². The summed E-state index contributed by atoms with van der Waals surface area (Å²) in [5.74, 6) is -0.211. The molecule has 3 heterocycles.